The highest BCUT2D eigenvalue weighted by molar-refractivity contribution is 7.16. The third-order valence-corrected chi connectivity index (χ3v) is 6.02. The summed E-state index contributed by atoms with van der Waals surface area (Å²) in [5.41, 5.74) is 3.05. The SMILES string of the molecule is CC(=O)c1cccc(N[C@H](C)C(=O)Nc2sc3c(c2C#N)CCCCC3)c1. The Hall–Kier alpha value is -2.65. The maximum atomic E-state index is 12.6. The Labute approximate surface area is 163 Å². The van der Waals surface area contributed by atoms with E-state index in [1.54, 1.807) is 25.1 Å². The van der Waals surface area contributed by atoms with E-state index in [2.05, 4.69) is 16.7 Å². The van der Waals surface area contributed by atoms with Crippen LogP contribution in [0.3, 0.4) is 0 Å². The lowest BCUT2D eigenvalue weighted by Gasteiger charge is -2.15. The van der Waals surface area contributed by atoms with Crippen LogP contribution in [-0.4, -0.2) is 17.7 Å². The van der Waals surface area contributed by atoms with E-state index < -0.39 is 6.04 Å². The highest BCUT2D eigenvalue weighted by Crippen LogP contribution is 2.37. The number of nitrogens with zero attached hydrogens (tertiary/aromatic N) is 1. The molecule has 3 rings (SSSR count). The standard InChI is InChI=1S/C21H23N3O2S/c1-13(23-16-8-6-7-15(11-16)14(2)25)20(26)24-21-18(12-22)17-9-4-3-5-10-19(17)27-21/h6-8,11,13,23H,3-5,9-10H2,1-2H3,(H,24,26)/t13-/m1/s1. The molecule has 1 atom stereocenters. The van der Waals surface area contributed by atoms with Gasteiger partial charge in [-0.15, -0.1) is 11.3 Å². The molecule has 1 aromatic heterocycles. The zero-order valence-corrected chi connectivity index (χ0v) is 16.4. The quantitative estimate of drug-likeness (QED) is 0.589. The summed E-state index contributed by atoms with van der Waals surface area (Å²) in [6, 6.07) is 8.88. The molecule has 1 aliphatic rings. The van der Waals surface area contributed by atoms with Gasteiger partial charge in [0.1, 0.15) is 17.1 Å². The molecule has 1 heterocycles. The molecule has 0 fully saturated rings. The van der Waals surface area contributed by atoms with Crippen molar-refractivity contribution in [2.24, 2.45) is 0 Å². The first-order chi connectivity index (χ1) is 13.0. The van der Waals surface area contributed by atoms with Crippen molar-refractivity contribution in [3.8, 4) is 6.07 Å². The van der Waals surface area contributed by atoms with E-state index in [0.717, 1.165) is 31.2 Å². The minimum Gasteiger partial charge on any atom is -0.374 e. The molecule has 2 aromatic rings. The van der Waals surface area contributed by atoms with Crippen LogP contribution in [0.4, 0.5) is 10.7 Å². The molecule has 27 heavy (non-hydrogen) atoms. The molecule has 0 spiro atoms. The van der Waals surface area contributed by atoms with Gasteiger partial charge in [0, 0.05) is 16.1 Å². The fraction of sp³-hybridized carbons (Fsp3) is 0.381. The van der Waals surface area contributed by atoms with Gasteiger partial charge in [-0.25, -0.2) is 0 Å². The number of nitrogens with one attached hydrogen (secondary N) is 2. The van der Waals surface area contributed by atoms with Crippen molar-refractivity contribution in [1.82, 2.24) is 0 Å². The molecule has 1 amide bonds. The van der Waals surface area contributed by atoms with Gasteiger partial charge in [0.05, 0.1) is 5.56 Å². The van der Waals surface area contributed by atoms with Crippen molar-refractivity contribution < 1.29 is 9.59 Å². The van der Waals surface area contributed by atoms with Gasteiger partial charge in [0.2, 0.25) is 5.91 Å². The summed E-state index contributed by atoms with van der Waals surface area (Å²) in [6.07, 6.45) is 5.31. The minimum atomic E-state index is -0.499. The number of benzene rings is 1. The Morgan fingerprint density at radius 3 is 2.74 bits per heavy atom. The molecule has 0 unspecified atom stereocenters. The van der Waals surface area contributed by atoms with Gasteiger partial charge < -0.3 is 10.6 Å². The Kier molecular flexibility index (Phi) is 5.92. The van der Waals surface area contributed by atoms with E-state index in [1.807, 2.05) is 6.07 Å². The average molecular weight is 382 g/mol. The topological polar surface area (TPSA) is 82.0 Å². The number of hydrogen-bond acceptors (Lipinski definition) is 5. The van der Waals surface area contributed by atoms with Crippen molar-refractivity contribution >= 4 is 33.7 Å². The van der Waals surface area contributed by atoms with Gasteiger partial charge in [0.15, 0.2) is 5.78 Å². The van der Waals surface area contributed by atoms with Crippen LogP contribution in [-0.2, 0) is 17.6 Å². The molecule has 0 bridgehead atoms. The molecule has 0 aliphatic heterocycles. The number of fused-ring (bicyclic) bond motifs is 1. The van der Waals surface area contributed by atoms with Crippen molar-refractivity contribution in [1.29, 1.82) is 5.26 Å². The number of carbonyl (C=O) groups is 2. The molecular formula is C21H23N3O2S. The number of amides is 1. The largest absolute Gasteiger partial charge is 0.374 e. The van der Waals surface area contributed by atoms with Gasteiger partial charge >= 0.3 is 0 Å². The number of carbonyl (C=O) groups excluding carboxylic acids is 2. The molecule has 5 nitrogen and oxygen atoms in total. The Balaban J connectivity index is 1.73. The number of nitriles is 1. The molecular weight excluding hydrogens is 358 g/mol. The van der Waals surface area contributed by atoms with Crippen molar-refractivity contribution in [3.05, 3.63) is 45.8 Å². The van der Waals surface area contributed by atoms with E-state index in [0.29, 0.717) is 21.8 Å². The maximum absolute atomic E-state index is 12.6. The predicted molar refractivity (Wildman–Crippen MR) is 108 cm³/mol. The van der Waals surface area contributed by atoms with Crippen molar-refractivity contribution in [3.63, 3.8) is 0 Å². The van der Waals surface area contributed by atoms with Crippen molar-refractivity contribution in [2.45, 2.75) is 52.0 Å². The Morgan fingerprint density at radius 2 is 2.00 bits per heavy atom. The zero-order chi connectivity index (χ0) is 19.4. The number of Topliss-reactive ketones (excluding diaryl/α,β-unsaturated/α-hetero) is 1. The third kappa shape index (κ3) is 4.37. The average Bonchev–Trinajstić information content (AvgIpc) is 2.81. The molecule has 0 radical (unpaired) electrons. The first kappa shape index (κ1) is 19.1. The molecule has 6 heteroatoms. The highest BCUT2D eigenvalue weighted by Gasteiger charge is 2.22. The second-order valence-electron chi connectivity index (χ2n) is 6.87. The van der Waals surface area contributed by atoms with Crippen LogP contribution in [0.15, 0.2) is 24.3 Å². The summed E-state index contributed by atoms with van der Waals surface area (Å²) in [5.74, 6) is -0.217. The van der Waals surface area contributed by atoms with E-state index in [4.69, 9.17) is 0 Å². The van der Waals surface area contributed by atoms with Gasteiger partial charge in [-0.05, 0) is 57.2 Å². The molecule has 1 aliphatic carbocycles. The normalized spacial score (nSPS) is 14.4. The first-order valence-electron chi connectivity index (χ1n) is 9.22. The van der Waals surface area contributed by atoms with E-state index in [1.165, 1.54) is 29.6 Å². The summed E-state index contributed by atoms with van der Waals surface area (Å²) in [6.45, 7) is 3.28. The lowest BCUT2D eigenvalue weighted by molar-refractivity contribution is -0.116. The number of hydrogen-bond donors (Lipinski definition) is 2. The number of rotatable bonds is 5. The summed E-state index contributed by atoms with van der Waals surface area (Å²) in [7, 11) is 0. The van der Waals surface area contributed by atoms with Gasteiger partial charge in [-0.2, -0.15) is 5.26 Å². The summed E-state index contributed by atoms with van der Waals surface area (Å²) < 4.78 is 0. The van der Waals surface area contributed by atoms with E-state index in [-0.39, 0.29) is 11.7 Å². The van der Waals surface area contributed by atoms with Crippen LogP contribution in [0, 0.1) is 11.3 Å². The number of anilines is 2. The lowest BCUT2D eigenvalue weighted by atomic mass is 10.1. The number of thiophene rings is 1. The molecule has 0 saturated heterocycles. The third-order valence-electron chi connectivity index (χ3n) is 4.82. The Morgan fingerprint density at radius 1 is 1.22 bits per heavy atom. The van der Waals surface area contributed by atoms with Gasteiger partial charge in [0.25, 0.3) is 0 Å². The lowest BCUT2D eigenvalue weighted by Crippen LogP contribution is -2.31. The summed E-state index contributed by atoms with van der Waals surface area (Å²) >= 11 is 1.53. The van der Waals surface area contributed by atoms with Crippen LogP contribution in [0.2, 0.25) is 0 Å². The molecule has 2 N–H and O–H groups in total. The van der Waals surface area contributed by atoms with Crippen LogP contribution >= 0.6 is 11.3 Å². The smallest absolute Gasteiger partial charge is 0.247 e. The number of aryl methyl sites for hydroxylation is 1. The van der Waals surface area contributed by atoms with Crippen LogP contribution < -0.4 is 10.6 Å². The fourth-order valence-electron chi connectivity index (χ4n) is 3.31. The summed E-state index contributed by atoms with van der Waals surface area (Å²) in [4.78, 5) is 25.4. The fourth-order valence-corrected chi connectivity index (χ4v) is 4.56. The number of ketones is 1. The van der Waals surface area contributed by atoms with E-state index in [9.17, 15) is 14.9 Å². The van der Waals surface area contributed by atoms with Gasteiger partial charge in [-0.3, -0.25) is 9.59 Å². The second-order valence-corrected chi connectivity index (χ2v) is 7.98. The van der Waals surface area contributed by atoms with Gasteiger partial charge in [-0.1, -0.05) is 18.6 Å². The minimum absolute atomic E-state index is 0.0190. The zero-order valence-electron chi connectivity index (χ0n) is 15.6. The predicted octanol–water partition coefficient (Wildman–Crippen LogP) is 4.53. The summed E-state index contributed by atoms with van der Waals surface area (Å²) in [5, 5.41) is 16.3. The first-order valence-corrected chi connectivity index (χ1v) is 10.0. The Bertz CT molecular complexity index is 911. The maximum Gasteiger partial charge on any atom is 0.247 e. The second kappa shape index (κ2) is 8.36. The van der Waals surface area contributed by atoms with Crippen LogP contribution in [0.5, 0.6) is 0 Å². The van der Waals surface area contributed by atoms with E-state index >= 15 is 0 Å². The molecule has 1 aromatic carbocycles. The highest BCUT2D eigenvalue weighted by atomic mass is 32.1. The molecule has 140 valence electrons. The molecule has 0 saturated carbocycles. The van der Waals surface area contributed by atoms with Crippen molar-refractivity contribution in [2.75, 3.05) is 10.6 Å². The monoisotopic (exact) mass is 381 g/mol. The van der Waals surface area contributed by atoms with Crippen LogP contribution in [0.1, 0.15) is 59.5 Å². The van der Waals surface area contributed by atoms with Crippen LogP contribution in [0.25, 0.3) is 0 Å².